The predicted molar refractivity (Wildman–Crippen MR) is 98.0 cm³/mol. The Labute approximate surface area is 155 Å². The van der Waals surface area contributed by atoms with Crippen LogP contribution in [0.3, 0.4) is 0 Å². The molecule has 134 valence electrons. The summed E-state index contributed by atoms with van der Waals surface area (Å²) < 4.78 is 10.4. The lowest BCUT2D eigenvalue weighted by Crippen LogP contribution is -2.32. The predicted octanol–water partition coefficient (Wildman–Crippen LogP) is 3.87. The van der Waals surface area contributed by atoms with E-state index in [0.717, 1.165) is 0 Å². The van der Waals surface area contributed by atoms with Crippen LogP contribution in [0.5, 0.6) is 11.5 Å². The average molecular weight is 385 g/mol. The number of nitrogens with one attached hydrogen (secondary N) is 2. The Morgan fingerprint density at radius 1 is 1.16 bits per heavy atom. The molecule has 0 bridgehead atoms. The van der Waals surface area contributed by atoms with Crippen molar-refractivity contribution >= 4 is 34.9 Å². The topological polar surface area (TPSA) is 79.8 Å². The van der Waals surface area contributed by atoms with Crippen LogP contribution >= 0.6 is 23.2 Å². The van der Waals surface area contributed by atoms with Gasteiger partial charge < -0.3 is 25.2 Å². The zero-order chi connectivity index (χ0) is 18.4. The largest absolute Gasteiger partial charge is 0.497 e. The van der Waals surface area contributed by atoms with E-state index in [2.05, 4.69) is 10.6 Å². The number of anilines is 1. The van der Waals surface area contributed by atoms with Crippen LogP contribution in [0, 0.1) is 0 Å². The first-order valence-electron chi connectivity index (χ1n) is 7.34. The number of rotatable bonds is 6. The van der Waals surface area contributed by atoms with Gasteiger partial charge in [-0.2, -0.15) is 0 Å². The van der Waals surface area contributed by atoms with Crippen LogP contribution in [-0.2, 0) is 0 Å². The molecule has 0 aliphatic rings. The standard InChI is InChI=1S/C17H18Cl2N2O4/c1-24-11-4-6-16(25-2)12(8-11)15(22)9-20-17(23)21-14-5-3-10(18)7-13(14)19/h3-8,15,22H,9H2,1-2H3,(H2,20,21,23). The van der Waals surface area contributed by atoms with Crippen LogP contribution in [0.4, 0.5) is 10.5 Å². The van der Waals surface area contributed by atoms with Gasteiger partial charge in [-0.1, -0.05) is 23.2 Å². The lowest BCUT2D eigenvalue weighted by atomic mass is 10.1. The number of hydrogen-bond acceptors (Lipinski definition) is 4. The number of benzene rings is 2. The van der Waals surface area contributed by atoms with Crippen molar-refractivity contribution in [2.75, 3.05) is 26.1 Å². The molecule has 1 unspecified atom stereocenters. The zero-order valence-electron chi connectivity index (χ0n) is 13.7. The van der Waals surface area contributed by atoms with Gasteiger partial charge in [0.2, 0.25) is 0 Å². The Morgan fingerprint density at radius 3 is 2.56 bits per heavy atom. The molecule has 2 aromatic carbocycles. The van der Waals surface area contributed by atoms with Gasteiger partial charge in [-0.15, -0.1) is 0 Å². The Bertz CT molecular complexity index is 755. The Balaban J connectivity index is 1.99. The molecule has 2 aromatic rings. The highest BCUT2D eigenvalue weighted by atomic mass is 35.5. The maximum absolute atomic E-state index is 12.0. The van der Waals surface area contributed by atoms with Crippen molar-refractivity contribution in [3.63, 3.8) is 0 Å². The van der Waals surface area contributed by atoms with E-state index in [1.54, 1.807) is 30.3 Å². The van der Waals surface area contributed by atoms with Crippen molar-refractivity contribution in [1.82, 2.24) is 5.32 Å². The molecule has 0 heterocycles. The SMILES string of the molecule is COc1ccc(OC)c(C(O)CNC(=O)Nc2ccc(Cl)cc2Cl)c1. The first kappa shape index (κ1) is 19.2. The minimum absolute atomic E-state index is 0.0272. The van der Waals surface area contributed by atoms with Gasteiger partial charge in [0.05, 0.1) is 24.9 Å². The number of halogens is 2. The number of carbonyl (C=O) groups is 1. The molecule has 1 atom stereocenters. The lowest BCUT2D eigenvalue weighted by molar-refractivity contribution is 0.170. The van der Waals surface area contributed by atoms with Gasteiger partial charge in [-0.05, 0) is 36.4 Å². The van der Waals surface area contributed by atoms with E-state index < -0.39 is 12.1 Å². The van der Waals surface area contributed by atoms with E-state index in [9.17, 15) is 9.90 Å². The number of hydrogen-bond donors (Lipinski definition) is 3. The van der Waals surface area contributed by atoms with E-state index in [4.69, 9.17) is 32.7 Å². The highest BCUT2D eigenvalue weighted by molar-refractivity contribution is 6.36. The van der Waals surface area contributed by atoms with Crippen molar-refractivity contribution in [2.45, 2.75) is 6.10 Å². The van der Waals surface area contributed by atoms with Gasteiger partial charge in [0.15, 0.2) is 0 Å². The summed E-state index contributed by atoms with van der Waals surface area (Å²) >= 11 is 11.8. The molecule has 0 radical (unpaired) electrons. The lowest BCUT2D eigenvalue weighted by Gasteiger charge is -2.17. The highest BCUT2D eigenvalue weighted by Gasteiger charge is 2.16. The van der Waals surface area contributed by atoms with Crippen LogP contribution in [0.1, 0.15) is 11.7 Å². The number of aliphatic hydroxyl groups excluding tert-OH is 1. The molecule has 25 heavy (non-hydrogen) atoms. The number of ether oxygens (including phenoxy) is 2. The molecular weight excluding hydrogens is 367 g/mol. The molecule has 3 N–H and O–H groups in total. The van der Waals surface area contributed by atoms with Gasteiger partial charge in [0.1, 0.15) is 17.6 Å². The molecular formula is C17H18Cl2N2O4. The Morgan fingerprint density at radius 2 is 1.92 bits per heavy atom. The minimum Gasteiger partial charge on any atom is -0.497 e. The summed E-state index contributed by atoms with van der Waals surface area (Å²) in [6.45, 7) is -0.0272. The van der Waals surface area contributed by atoms with E-state index in [1.165, 1.54) is 20.3 Å². The van der Waals surface area contributed by atoms with Crippen LogP contribution in [0.15, 0.2) is 36.4 Å². The maximum atomic E-state index is 12.0. The van der Waals surface area contributed by atoms with Crippen LogP contribution < -0.4 is 20.1 Å². The fourth-order valence-electron chi connectivity index (χ4n) is 2.16. The second-order valence-corrected chi connectivity index (χ2v) is 5.93. The molecule has 0 aromatic heterocycles. The van der Waals surface area contributed by atoms with E-state index in [0.29, 0.717) is 32.8 Å². The molecule has 0 saturated heterocycles. The summed E-state index contributed by atoms with van der Waals surface area (Å²) in [6.07, 6.45) is -0.975. The summed E-state index contributed by atoms with van der Waals surface area (Å²) in [5, 5.41) is 16.3. The number of methoxy groups -OCH3 is 2. The molecule has 0 saturated carbocycles. The number of amides is 2. The van der Waals surface area contributed by atoms with Crippen molar-refractivity contribution < 1.29 is 19.4 Å². The molecule has 6 nitrogen and oxygen atoms in total. The van der Waals surface area contributed by atoms with Crippen LogP contribution in [0.2, 0.25) is 10.0 Å². The fraction of sp³-hybridized carbons (Fsp3) is 0.235. The average Bonchev–Trinajstić information content (AvgIpc) is 2.61. The second kappa shape index (κ2) is 8.80. The summed E-state index contributed by atoms with van der Waals surface area (Å²) in [6, 6.07) is 9.27. The van der Waals surface area contributed by atoms with Gasteiger partial charge in [-0.3, -0.25) is 0 Å². The Kier molecular flexibility index (Phi) is 6.75. The van der Waals surface area contributed by atoms with Gasteiger partial charge in [-0.25, -0.2) is 4.79 Å². The third-order valence-corrected chi connectivity index (χ3v) is 3.98. The maximum Gasteiger partial charge on any atom is 0.319 e. The summed E-state index contributed by atoms with van der Waals surface area (Å²) in [5.74, 6) is 1.07. The monoisotopic (exact) mass is 384 g/mol. The summed E-state index contributed by atoms with van der Waals surface area (Å²) in [7, 11) is 3.03. The fourth-order valence-corrected chi connectivity index (χ4v) is 2.61. The van der Waals surface area contributed by atoms with Crippen molar-refractivity contribution in [2.24, 2.45) is 0 Å². The minimum atomic E-state index is -0.975. The van der Waals surface area contributed by atoms with Gasteiger partial charge in [0, 0.05) is 17.1 Å². The van der Waals surface area contributed by atoms with E-state index in [-0.39, 0.29) is 6.54 Å². The third-order valence-electron chi connectivity index (χ3n) is 3.43. The van der Waals surface area contributed by atoms with Crippen molar-refractivity contribution in [3.05, 3.63) is 52.0 Å². The van der Waals surface area contributed by atoms with Gasteiger partial charge >= 0.3 is 6.03 Å². The highest BCUT2D eigenvalue weighted by Crippen LogP contribution is 2.29. The second-order valence-electron chi connectivity index (χ2n) is 5.08. The van der Waals surface area contributed by atoms with E-state index >= 15 is 0 Å². The number of carbonyl (C=O) groups excluding carboxylic acids is 1. The number of aliphatic hydroxyl groups is 1. The molecule has 2 rings (SSSR count). The van der Waals surface area contributed by atoms with Gasteiger partial charge in [0.25, 0.3) is 0 Å². The molecule has 8 heteroatoms. The smallest absolute Gasteiger partial charge is 0.319 e. The van der Waals surface area contributed by atoms with E-state index in [1.807, 2.05) is 0 Å². The van der Waals surface area contributed by atoms with Crippen molar-refractivity contribution in [3.8, 4) is 11.5 Å². The molecule has 2 amide bonds. The quantitative estimate of drug-likeness (QED) is 0.706. The first-order valence-corrected chi connectivity index (χ1v) is 8.10. The third kappa shape index (κ3) is 5.16. The molecule has 0 spiro atoms. The summed E-state index contributed by atoms with van der Waals surface area (Å²) in [4.78, 5) is 12.0. The zero-order valence-corrected chi connectivity index (χ0v) is 15.2. The summed E-state index contributed by atoms with van der Waals surface area (Å²) in [5.41, 5.74) is 0.920. The molecule has 0 aliphatic heterocycles. The van der Waals surface area contributed by atoms with Crippen LogP contribution in [-0.4, -0.2) is 31.9 Å². The van der Waals surface area contributed by atoms with Crippen molar-refractivity contribution in [1.29, 1.82) is 0 Å². The normalized spacial score (nSPS) is 11.6. The Hall–Kier alpha value is -2.15. The number of urea groups is 1. The van der Waals surface area contributed by atoms with Crippen LogP contribution in [0.25, 0.3) is 0 Å². The first-order chi connectivity index (χ1) is 11.9. The molecule has 0 fully saturated rings. The molecule has 0 aliphatic carbocycles.